The zero-order chi connectivity index (χ0) is 26.9. The van der Waals surface area contributed by atoms with Gasteiger partial charge in [0.2, 0.25) is 5.95 Å². The molecule has 0 aliphatic heterocycles. The maximum Gasteiger partial charge on any atom is 0.335 e. The molecule has 1 heterocycles. The predicted octanol–water partition coefficient (Wildman–Crippen LogP) is 4.69. The smallest absolute Gasteiger partial charge is 0.335 e. The summed E-state index contributed by atoms with van der Waals surface area (Å²) in [6.07, 6.45) is 2.86. The van der Waals surface area contributed by atoms with Crippen molar-refractivity contribution in [3.63, 3.8) is 0 Å². The quantitative estimate of drug-likeness (QED) is 0.178. The van der Waals surface area contributed by atoms with E-state index in [0.29, 0.717) is 47.6 Å². The minimum absolute atomic E-state index is 0.0984. The summed E-state index contributed by atoms with van der Waals surface area (Å²) < 4.78 is 10.4. The molecule has 9 heteroatoms. The molecule has 0 amide bonds. The van der Waals surface area contributed by atoms with Crippen molar-refractivity contribution in [1.82, 2.24) is 15.0 Å². The number of nitrogens with zero attached hydrogens (tertiary/aromatic N) is 3. The second-order valence-electron chi connectivity index (χ2n) is 8.07. The van der Waals surface area contributed by atoms with Gasteiger partial charge in [0, 0.05) is 36.7 Å². The largest absolute Gasteiger partial charge is 0.508 e. The van der Waals surface area contributed by atoms with E-state index in [2.05, 4.69) is 33.4 Å². The second-order valence-corrected chi connectivity index (χ2v) is 8.07. The number of hydrogen-bond donors (Lipinski definition) is 2. The van der Waals surface area contributed by atoms with Gasteiger partial charge in [-0.25, -0.2) is 14.6 Å². The summed E-state index contributed by atoms with van der Waals surface area (Å²) in [6.45, 7) is 6.82. The van der Waals surface area contributed by atoms with Crippen molar-refractivity contribution < 1.29 is 24.2 Å². The minimum atomic E-state index is -0.553. The summed E-state index contributed by atoms with van der Waals surface area (Å²) in [6, 6.07) is 20.7. The highest BCUT2D eigenvalue weighted by Gasteiger charge is 2.11. The van der Waals surface area contributed by atoms with Gasteiger partial charge in [0.15, 0.2) is 0 Å². The molecule has 0 aliphatic rings. The lowest BCUT2D eigenvalue weighted by Crippen LogP contribution is -2.09. The van der Waals surface area contributed by atoms with E-state index in [-0.39, 0.29) is 5.75 Å². The molecule has 3 aromatic carbocycles. The fourth-order valence-corrected chi connectivity index (χ4v) is 3.51. The Hall–Kier alpha value is -5.31. The Labute approximate surface area is 219 Å². The molecular weight excluding hydrogens is 484 g/mol. The monoisotopic (exact) mass is 508 g/mol. The van der Waals surface area contributed by atoms with E-state index in [1.54, 1.807) is 60.7 Å². The van der Waals surface area contributed by atoms with Gasteiger partial charge in [-0.1, -0.05) is 43.5 Å². The lowest BCUT2D eigenvalue weighted by atomic mass is 10.1. The molecule has 4 aromatic rings. The van der Waals surface area contributed by atoms with E-state index in [4.69, 9.17) is 9.47 Å². The molecule has 38 heavy (non-hydrogen) atoms. The summed E-state index contributed by atoms with van der Waals surface area (Å²) in [5.41, 5.74) is 2.24. The molecule has 0 bridgehead atoms. The van der Waals surface area contributed by atoms with E-state index in [0.717, 1.165) is 23.3 Å². The highest BCUT2D eigenvalue weighted by Crippen LogP contribution is 2.21. The van der Waals surface area contributed by atoms with Crippen molar-refractivity contribution in [2.75, 3.05) is 5.32 Å². The fraction of sp³-hybridized carbons (Fsp3) is 0.0690. The zero-order valence-electron chi connectivity index (χ0n) is 20.3. The van der Waals surface area contributed by atoms with E-state index in [9.17, 15) is 14.7 Å². The van der Waals surface area contributed by atoms with Crippen LogP contribution in [0.4, 0.5) is 11.6 Å². The molecule has 1 aromatic heterocycles. The molecule has 0 saturated heterocycles. The molecule has 0 aliphatic carbocycles. The zero-order valence-corrected chi connectivity index (χ0v) is 20.3. The SMILES string of the molecule is C=CC(=O)Oc1cccc(Cc2nc(Cc3cccc(OC(=O)C=C)c3)nc(Nc3cccc(O)c3)n2)c1. The number of ether oxygens (including phenoxy) is 2. The average Bonchev–Trinajstić information content (AvgIpc) is 2.89. The number of esters is 2. The Morgan fingerprint density at radius 2 is 1.29 bits per heavy atom. The molecular formula is C29H24N4O5. The molecule has 9 nitrogen and oxygen atoms in total. The first kappa shape index (κ1) is 25.8. The van der Waals surface area contributed by atoms with Gasteiger partial charge in [-0.05, 0) is 47.5 Å². The van der Waals surface area contributed by atoms with E-state index < -0.39 is 11.9 Å². The Morgan fingerprint density at radius 1 is 0.763 bits per heavy atom. The highest BCUT2D eigenvalue weighted by atomic mass is 16.5. The third-order valence-electron chi connectivity index (χ3n) is 5.12. The number of hydrogen-bond acceptors (Lipinski definition) is 9. The number of aromatic hydroxyl groups is 1. The molecule has 0 saturated carbocycles. The number of nitrogens with one attached hydrogen (secondary N) is 1. The first-order chi connectivity index (χ1) is 18.4. The van der Waals surface area contributed by atoms with E-state index in [1.165, 1.54) is 0 Å². The van der Waals surface area contributed by atoms with Crippen LogP contribution in [0.2, 0.25) is 0 Å². The van der Waals surface area contributed by atoms with Gasteiger partial charge < -0.3 is 19.9 Å². The van der Waals surface area contributed by atoms with Crippen molar-refractivity contribution in [2.45, 2.75) is 12.8 Å². The number of phenolic OH excluding ortho intramolecular Hbond substituents is 1. The summed E-state index contributed by atoms with van der Waals surface area (Å²) in [4.78, 5) is 36.9. The Bertz CT molecular complexity index is 1420. The topological polar surface area (TPSA) is 124 Å². The lowest BCUT2D eigenvalue weighted by molar-refractivity contribution is -0.129. The molecule has 4 rings (SSSR count). The number of phenols is 1. The van der Waals surface area contributed by atoms with Crippen LogP contribution in [-0.4, -0.2) is 32.0 Å². The van der Waals surface area contributed by atoms with Crippen LogP contribution in [0.3, 0.4) is 0 Å². The van der Waals surface area contributed by atoms with Crippen molar-refractivity contribution in [3.05, 3.63) is 121 Å². The van der Waals surface area contributed by atoms with Crippen LogP contribution >= 0.6 is 0 Å². The van der Waals surface area contributed by atoms with Gasteiger partial charge in [0.05, 0.1) is 0 Å². The molecule has 2 N–H and O–H groups in total. The average molecular weight is 509 g/mol. The van der Waals surface area contributed by atoms with Crippen LogP contribution in [0.25, 0.3) is 0 Å². The lowest BCUT2D eigenvalue weighted by Gasteiger charge is -2.11. The Kier molecular flexibility index (Phi) is 8.20. The summed E-state index contributed by atoms with van der Waals surface area (Å²) in [5.74, 6) is 0.987. The van der Waals surface area contributed by atoms with Gasteiger partial charge in [0.1, 0.15) is 28.9 Å². The summed E-state index contributed by atoms with van der Waals surface area (Å²) in [7, 11) is 0. The van der Waals surface area contributed by atoms with Crippen LogP contribution in [0, 0.1) is 0 Å². The number of carbonyl (C=O) groups excluding carboxylic acids is 2. The van der Waals surface area contributed by atoms with E-state index >= 15 is 0 Å². The van der Waals surface area contributed by atoms with Crippen LogP contribution in [0.15, 0.2) is 98.1 Å². The maximum atomic E-state index is 11.6. The van der Waals surface area contributed by atoms with Crippen LogP contribution < -0.4 is 14.8 Å². The highest BCUT2D eigenvalue weighted by molar-refractivity contribution is 5.83. The molecule has 0 spiro atoms. The Morgan fingerprint density at radius 3 is 1.79 bits per heavy atom. The normalized spacial score (nSPS) is 10.3. The van der Waals surface area contributed by atoms with Gasteiger partial charge in [-0.2, -0.15) is 9.97 Å². The van der Waals surface area contributed by atoms with Gasteiger partial charge in [-0.3, -0.25) is 0 Å². The maximum absolute atomic E-state index is 11.6. The third kappa shape index (κ3) is 7.34. The fourth-order valence-electron chi connectivity index (χ4n) is 3.51. The minimum Gasteiger partial charge on any atom is -0.508 e. The predicted molar refractivity (Wildman–Crippen MR) is 141 cm³/mol. The van der Waals surface area contributed by atoms with Gasteiger partial charge in [0.25, 0.3) is 0 Å². The molecule has 0 fully saturated rings. The number of anilines is 2. The molecule has 0 unspecified atom stereocenters. The number of carbonyl (C=O) groups is 2. The van der Waals surface area contributed by atoms with Crippen LogP contribution in [0.5, 0.6) is 17.2 Å². The molecule has 0 radical (unpaired) electrons. The van der Waals surface area contributed by atoms with Crippen molar-refractivity contribution in [1.29, 1.82) is 0 Å². The van der Waals surface area contributed by atoms with Crippen molar-refractivity contribution >= 4 is 23.6 Å². The second kappa shape index (κ2) is 12.1. The summed E-state index contributed by atoms with van der Waals surface area (Å²) in [5, 5.41) is 12.9. The van der Waals surface area contributed by atoms with Crippen LogP contribution in [0.1, 0.15) is 22.8 Å². The van der Waals surface area contributed by atoms with Crippen LogP contribution in [-0.2, 0) is 22.4 Å². The standard InChI is InChI=1S/C29H24N4O5/c1-3-27(35)37-23-12-5-8-19(14-23)16-25-31-26(17-20-9-6-13-24(15-20)38-28(36)4-2)33-29(32-25)30-21-10-7-11-22(34)18-21/h3-15,18,34H,1-2,16-17H2,(H,30,31,32,33). The molecule has 190 valence electrons. The number of aromatic nitrogens is 3. The number of benzene rings is 3. The van der Waals surface area contributed by atoms with Crippen molar-refractivity contribution in [2.24, 2.45) is 0 Å². The Balaban J connectivity index is 1.63. The van der Waals surface area contributed by atoms with Gasteiger partial charge in [-0.15, -0.1) is 0 Å². The van der Waals surface area contributed by atoms with E-state index in [1.807, 2.05) is 12.1 Å². The molecule has 0 atom stereocenters. The van der Waals surface area contributed by atoms with Gasteiger partial charge >= 0.3 is 11.9 Å². The van der Waals surface area contributed by atoms with Crippen molar-refractivity contribution in [3.8, 4) is 17.2 Å². The third-order valence-corrected chi connectivity index (χ3v) is 5.12. The first-order valence-corrected chi connectivity index (χ1v) is 11.6. The number of rotatable bonds is 10. The summed E-state index contributed by atoms with van der Waals surface area (Å²) >= 11 is 0. The first-order valence-electron chi connectivity index (χ1n) is 11.6.